The highest BCUT2D eigenvalue weighted by Gasteiger charge is 2.31. The fourth-order valence-corrected chi connectivity index (χ4v) is 3.63. The van der Waals surface area contributed by atoms with Gasteiger partial charge in [-0.05, 0) is 37.8 Å². The number of hydrogen-bond acceptors (Lipinski definition) is 2. The van der Waals surface area contributed by atoms with Gasteiger partial charge >= 0.3 is 0 Å². The average molecular weight is 271 g/mol. The highest BCUT2D eigenvalue weighted by Crippen LogP contribution is 2.35. The average Bonchev–Trinajstić information content (AvgIpc) is 2.92. The number of fused-ring (bicyclic) bond motifs is 1. The summed E-state index contributed by atoms with van der Waals surface area (Å²) in [6.07, 6.45) is 7.16. The number of benzene rings is 1. The molecule has 1 aromatic heterocycles. The molecule has 3 rings (SSSR count). The predicted octanol–water partition coefficient (Wildman–Crippen LogP) is 3.77. The molecule has 1 aromatic carbocycles. The molecule has 1 aliphatic carbocycles. The summed E-state index contributed by atoms with van der Waals surface area (Å²) in [7, 11) is 0. The number of likely N-dealkylation sites (N-methyl/N-ethyl adjacent to an activating group) is 1. The van der Waals surface area contributed by atoms with Crippen molar-refractivity contribution >= 4 is 10.9 Å². The Hall–Kier alpha value is -1.35. The molecule has 3 heteroatoms. The Bertz CT molecular complexity index is 560. The van der Waals surface area contributed by atoms with Gasteiger partial charge in [-0.15, -0.1) is 0 Å². The van der Waals surface area contributed by atoms with E-state index in [1.165, 1.54) is 36.6 Å². The van der Waals surface area contributed by atoms with Crippen molar-refractivity contribution in [3.63, 3.8) is 0 Å². The van der Waals surface area contributed by atoms with E-state index in [4.69, 9.17) is 5.10 Å². The first-order chi connectivity index (χ1) is 9.83. The lowest BCUT2D eigenvalue weighted by Gasteiger charge is -2.36. The minimum absolute atomic E-state index is 0.494. The Labute approximate surface area is 121 Å². The van der Waals surface area contributed by atoms with Crippen LogP contribution in [0.3, 0.4) is 0 Å². The summed E-state index contributed by atoms with van der Waals surface area (Å²) < 4.78 is 2.27. The molecular formula is C17H25N3. The van der Waals surface area contributed by atoms with Crippen LogP contribution < -0.4 is 5.32 Å². The third kappa shape index (κ3) is 2.47. The van der Waals surface area contributed by atoms with E-state index in [2.05, 4.69) is 48.1 Å². The first-order valence-electron chi connectivity index (χ1n) is 7.99. The fraction of sp³-hybridized carbons (Fsp3) is 0.588. The molecule has 1 aliphatic rings. The standard InChI is InChI=1S/C17H25N3/c1-3-13-9-10-15(18-4-2)17(11-13)20-16-8-6-5-7-14(16)12-19-20/h5-8,12-13,15,17-18H,3-4,9-11H2,1-2H3. The quantitative estimate of drug-likeness (QED) is 0.917. The van der Waals surface area contributed by atoms with Gasteiger partial charge in [0.25, 0.3) is 0 Å². The largest absolute Gasteiger partial charge is 0.312 e. The Morgan fingerprint density at radius 3 is 2.90 bits per heavy atom. The van der Waals surface area contributed by atoms with Gasteiger partial charge in [-0.2, -0.15) is 5.10 Å². The molecule has 3 unspecified atom stereocenters. The zero-order valence-electron chi connectivity index (χ0n) is 12.5. The van der Waals surface area contributed by atoms with E-state index in [-0.39, 0.29) is 0 Å². The van der Waals surface area contributed by atoms with Crippen LogP contribution in [0.15, 0.2) is 30.5 Å². The van der Waals surface area contributed by atoms with E-state index in [9.17, 15) is 0 Å². The van der Waals surface area contributed by atoms with Gasteiger partial charge < -0.3 is 5.32 Å². The maximum absolute atomic E-state index is 4.70. The second-order valence-electron chi connectivity index (χ2n) is 5.97. The van der Waals surface area contributed by atoms with Gasteiger partial charge in [-0.25, -0.2) is 0 Å². The van der Waals surface area contributed by atoms with Gasteiger partial charge in [-0.3, -0.25) is 4.68 Å². The van der Waals surface area contributed by atoms with E-state index in [1.54, 1.807) is 0 Å². The summed E-state index contributed by atoms with van der Waals surface area (Å²) in [6, 6.07) is 9.61. The molecule has 1 heterocycles. The smallest absolute Gasteiger partial charge is 0.0686 e. The van der Waals surface area contributed by atoms with E-state index in [0.717, 1.165) is 12.5 Å². The highest BCUT2D eigenvalue weighted by atomic mass is 15.3. The van der Waals surface area contributed by atoms with Crippen LogP contribution in [-0.2, 0) is 0 Å². The van der Waals surface area contributed by atoms with Crippen LogP contribution in [0.2, 0.25) is 0 Å². The van der Waals surface area contributed by atoms with Crippen molar-refractivity contribution in [2.45, 2.75) is 51.6 Å². The monoisotopic (exact) mass is 271 g/mol. The van der Waals surface area contributed by atoms with Crippen LogP contribution in [-0.4, -0.2) is 22.4 Å². The molecule has 0 spiro atoms. The molecule has 0 bridgehead atoms. The Kier molecular flexibility index (Phi) is 4.06. The molecule has 1 N–H and O–H groups in total. The first-order valence-corrected chi connectivity index (χ1v) is 7.99. The molecule has 2 aromatic rings. The van der Waals surface area contributed by atoms with Gasteiger partial charge in [0, 0.05) is 11.4 Å². The molecule has 0 saturated heterocycles. The Morgan fingerprint density at radius 1 is 1.25 bits per heavy atom. The van der Waals surface area contributed by atoms with Gasteiger partial charge in [-0.1, -0.05) is 38.5 Å². The second kappa shape index (κ2) is 5.96. The molecule has 0 amide bonds. The van der Waals surface area contributed by atoms with E-state index in [1.807, 2.05) is 6.20 Å². The number of aromatic nitrogens is 2. The summed E-state index contributed by atoms with van der Waals surface area (Å²) in [4.78, 5) is 0. The third-order valence-corrected chi connectivity index (χ3v) is 4.79. The number of nitrogens with zero attached hydrogens (tertiary/aromatic N) is 2. The minimum atomic E-state index is 0.494. The van der Waals surface area contributed by atoms with Crippen LogP contribution in [0.4, 0.5) is 0 Å². The molecule has 108 valence electrons. The molecule has 1 fully saturated rings. The van der Waals surface area contributed by atoms with Crippen molar-refractivity contribution in [3.05, 3.63) is 30.5 Å². The summed E-state index contributed by atoms with van der Waals surface area (Å²) in [5, 5.41) is 9.62. The SMILES string of the molecule is CCNC1CCC(CC)CC1n1ncc2ccccc21. The van der Waals surface area contributed by atoms with Gasteiger partial charge in [0.15, 0.2) is 0 Å². The predicted molar refractivity (Wildman–Crippen MR) is 83.9 cm³/mol. The minimum Gasteiger partial charge on any atom is -0.312 e. The van der Waals surface area contributed by atoms with Crippen LogP contribution in [0.1, 0.15) is 45.6 Å². The lowest BCUT2D eigenvalue weighted by atomic mass is 9.81. The Balaban J connectivity index is 1.94. The summed E-state index contributed by atoms with van der Waals surface area (Å²) in [6.45, 7) is 5.55. The second-order valence-corrected chi connectivity index (χ2v) is 5.97. The normalized spacial score (nSPS) is 27.0. The maximum Gasteiger partial charge on any atom is 0.0686 e. The molecular weight excluding hydrogens is 246 g/mol. The van der Waals surface area contributed by atoms with Crippen LogP contribution in [0, 0.1) is 5.92 Å². The lowest BCUT2D eigenvalue weighted by molar-refractivity contribution is 0.196. The van der Waals surface area contributed by atoms with E-state index < -0.39 is 0 Å². The number of para-hydroxylation sites is 1. The van der Waals surface area contributed by atoms with Crippen molar-refractivity contribution in [1.29, 1.82) is 0 Å². The summed E-state index contributed by atoms with van der Waals surface area (Å²) in [5.74, 6) is 0.845. The van der Waals surface area contributed by atoms with E-state index in [0.29, 0.717) is 12.1 Å². The number of hydrogen-bond donors (Lipinski definition) is 1. The van der Waals surface area contributed by atoms with Crippen molar-refractivity contribution < 1.29 is 0 Å². The van der Waals surface area contributed by atoms with Gasteiger partial charge in [0.05, 0.1) is 17.8 Å². The molecule has 3 atom stereocenters. The highest BCUT2D eigenvalue weighted by molar-refractivity contribution is 5.78. The fourth-order valence-electron chi connectivity index (χ4n) is 3.63. The Morgan fingerprint density at radius 2 is 2.10 bits per heavy atom. The molecule has 0 aliphatic heterocycles. The lowest BCUT2D eigenvalue weighted by Crippen LogP contribution is -2.42. The van der Waals surface area contributed by atoms with Crippen molar-refractivity contribution in [2.75, 3.05) is 6.54 Å². The molecule has 1 saturated carbocycles. The van der Waals surface area contributed by atoms with Crippen molar-refractivity contribution in [2.24, 2.45) is 5.92 Å². The van der Waals surface area contributed by atoms with Crippen LogP contribution in [0.25, 0.3) is 10.9 Å². The first kappa shape index (κ1) is 13.6. The molecule has 0 radical (unpaired) electrons. The molecule has 20 heavy (non-hydrogen) atoms. The zero-order chi connectivity index (χ0) is 13.9. The van der Waals surface area contributed by atoms with Gasteiger partial charge in [0.1, 0.15) is 0 Å². The maximum atomic E-state index is 4.70. The number of nitrogens with one attached hydrogen (secondary N) is 1. The van der Waals surface area contributed by atoms with Crippen LogP contribution in [0.5, 0.6) is 0 Å². The van der Waals surface area contributed by atoms with Crippen molar-refractivity contribution in [1.82, 2.24) is 15.1 Å². The van der Waals surface area contributed by atoms with Crippen molar-refractivity contribution in [3.8, 4) is 0 Å². The number of rotatable bonds is 4. The molecule has 3 nitrogen and oxygen atoms in total. The zero-order valence-corrected chi connectivity index (χ0v) is 12.5. The van der Waals surface area contributed by atoms with Gasteiger partial charge in [0.2, 0.25) is 0 Å². The van der Waals surface area contributed by atoms with Crippen LogP contribution >= 0.6 is 0 Å². The van der Waals surface area contributed by atoms with E-state index >= 15 is 0 Å². The summed E-state index contributed by atoms with van der Waals surface area (Å²) >= 11 is 0. The third-order valence-electron chi connectivity index (χ3n) is 4.79. The summed E-state index contributed by atoms with van der Waals surface area (Å²) in [5.41, 5.74) is 1.28. The topological polar surface area (TPSA) is 29.9 Å².